The first-order valence-corrected chi connectivity index (χ1v) is 11.1. The Bertz CT molecular complexity index is 926. The molecule has 0 saturated carbocycles. The Kier molecular flexibility index (Phi) is 7.50. The van der Waals surface area contributed by atoms with Crippen LogP contribution >= 0.6 is 0 Å². The van der Waals surface area contributed by atoms with E-state index in [0.29, 0.717) is 11.4 Å². The molecule has 0 spiro atoms. The van der Waals surface area contributed by atoms with Crippen LogP contribution in [0.4, 0.5) is 5.69 Å². The predicted octanol–water partition coefficient (Wildman–Crippen LogP) is 3.13. The molecule has 7 nitrogen and oxygen atoms in total. The van der Waals surface area contributed by atoms with Crippen molar-refractivity contribution >= 4 is 21.6 Å². The van der Waals surface area contributed by atoms with Crippen LogP contribution in [0, 0.1) is 0 Å². The average Bonchev–Trinajstić information content (AvgIpc) is 2.65. The molecule has 0 saturated heterocycles. The van der Waals surface area contributed by atoms with E-state index >= 15 is 0 Å². The maximum atomic E-state index is 12.6. The fraction of sp³-hybridized carbons (Fsp3) is 0.381. The molecule has 0 unspecified atom stereocenters. The number of amides is 1. The Labute approximate surface area is 172 Å². The van der Waals surface area contributed by atoms with E-state index in [4.69, 9.17) is 9.47 Å². The lowest BCUT2D eigenvalue weighted by molar-refractivity contribution is -0.120. The zero-order valence-electron chi connectivity index (χ0n) is 17.4. The lowest BCUT2D eigenvalue weighted by Gasteiger charge is -2.24. The molecule has 0 bridgehead atoms. The molecule has 2 aromatic rings. The van der Waals surface area contributed by atoms with Crippen LogP contribution in [0.2, 0.25) is 0 Å². The highest BCUT2D eigenvalue weighted by Crippen LogP contribution is 2.24. The van der Waals surface area contributed by atoms with Gasteiger partial charge < -0.3 is 14.8 Å². The zero-order valence-corrected chi connectivity index (χ0v) is 18.2. The third-order valence-electron chi connectivity index (χ3n) is 4.16. The Balaban J connectivity index is 2.14. The van der Waals surface area contributed by atoms with Crippen LogP contribution in [0.15, 0.2) is 48.5 Å². The Morgan fingerprint density at radius 1 is 1.07 bits per heavy atom. The topological polar surface area (TPSA) is 84.9 Å². The van der Waals surface area contributed by atoms with Gasteiger partial charge in [-0.2, -0.15) is 0 Å². The third kappa shape index (κ3) is 6.67. The summed E-state index contributed by atoms with van der Waals surface area (Å²) in [4.78, 5) is 12.6. The molecule has 2 rings (SSSR count). The molecule has 1 atom stereocenters. The first-order chi connectivity index (χ1) is 13.6. The summed E-state index contributed by atoms with van der Waals surface area (Å²) in [5.41, 5.74) is 1.26. The number of anilines is 1. The van der Waals surface area contributed by atoms with Crippen LogP contribution < -0.4 is 19.1 Å². The summed E-state index contributed by atoms with van der Waals surface area (Å²) in [6.07, 6.45) is 1.02. The van der Waals surface area contributed by atoms with E-state index < -0.39 is 15.9 Å². The van der Waals surface area contributed by atoms with Gasteiger partial charge in [-0.25, -0.2) is 8.42 Å². The van der Waals surface area contributed by atoms with Crippen LogP contribution in [0.5, 0.6) is 11.5 Å². The van der Waals surface area contributed by atoms with Crippen LogP contribution in [-0.2, 0) is 14.8 Å². The van der Waals surface area contributed by atoms with Gasteiger partial charge in [-0.05, 0) is 50.6 Å². The summed E-state index contributed by atoms with van der Waals surface area (Å²) in [7, 11) is -2.08. The number of hydrogen-bond acceptors (Lipinski definition) is 5. The van der Waals surface area contributed by atoms with Crippen molar-refractivity contribution in [3.05, 3.63) is 54.1 Å². The number of hydrogen-bond donors (Lipinski definition) is 1. The number of rotatable bonds is 9. The molecule has 2 aromatic carbocycles. The molecule has 8 heteroatoms. The number of nitrogens with one attached hydrogen (secondary N) is 1. The minimum absolute atomic E-state index is 0.0504. The highest BCUT2D eigenvalue weighted by molar-refractivity contribution is 7.92. The van der Waals surface area contributed by atoms with Crippen LogP contribution in [0.25, 0.3) is 0 Å². The van der Waals surface area contributed by atoms with Crippen molar-refractivity contribution in [2.45, 2.75) is 32.9 Å². The summed E-state index contributed by atoms with van der Waals surface area (Å²) in [5, 5.41) is 2.84. The van der Waals surface area contributed by atoms with E-state index in [0.717, 1.165) is 21.9 Å². The molecule has 1 N–H and O–H groups in total. The molecule has 158 valence electrons. The van der Waals surface area contributed by atoms with Crippen LogP contribution in [0.3, 0.4) is 0 Å². The van der Waals surface area contributed by atoms with Gasteiger partial charge in [-0.1, -0.05) is 18.2 Å². The summed E-state index contributed by atoms with van der Waals surface area (Å²) >= 11 is 0. The minimum atomic E-state index is -3.67. The van der Waals surface area contributed by atoms with E-state index in [2.05, 4.69) is 5.32 Å². The molecule has 0 aliphatic carbocycles. The largest absolute Gasteiger partial charge is 0.497 e. The third-order valence-corrected chi connectivity index (χ3v) is 5.30. The highest BCUT2D eigenvalue weighted by atomic mass is 32.2. The van der Waals surface area contributed by atoms with Crippen LogP contribution in [-0.4, -0.2) is 40.3 Å². The number of sulfonamides is 1. The quantitative estimate of drug-likeness (QED) is 0.674. The second-order valence-corrected chi connectivity index (χ2v) is 8.90. The number of carbonyl (C=O) groups excluding carboxylic acids is 1. The predicted molar refractivity (Wildman–Crippen MR) is 114 cm³/mol. The molecule has 0 heterocycles. The van der Waals surface area contributed by atoms with Crippen molar-refractivity contribution < 1.29 is 22.7 Å². The molecule has 0 aliphatic heterocycles. The van der Waals surface area contributed by atoms with Gasteiger partial charge in [-0.15, -0.1) is 0 Å². The second-order valence-electron chi connectivity index (χ2n) is 7.00. The molecule has 0 radical (unpaired) electrons. The zero-order chi connectivity index (χ0) is 21.6. The number of nitrogens with zero attached hydrogens (tertiary/aromatic N) is 1. The SMILES string of the molecule is COc1ccc([C@H](C)NC(=O)CN(c2cccc(OC(C)C)c2)S(C)(=O)=O)cc1. The van der Waals surface area contributed by atoms with Crippen molar-refractivity contribution in [1.29, 1.82) is 0 Å². The maximum Gasteiger partial charge on any atom is 0.241 e. The normalized spacial score (nSPS) is 12.3. The number of carbonyl (C=O) groups is 1. The highest BCUT2D eigenvalue weighted by Gasteiger charge is 2.22. The molecule has 0 fully saturated rings. The van der Waals surface area contributed by atoms with Gasteiger partial charge in [0, 0.05) is 6.07 Å². The second kappa shape index (κ2) is 9.65. The van der Waals surface area contributed by atoms with E-state index in [-0.39, 0.29) is 18.7 Å². The van der Waals surface area contributed by atoms with Gasteiger partial charge in [0.2, 0.25) is 15.9 Å². The van der Waals surface area contributed by atoms with Crippen molar-refractivity contribution in [3.63, 3.8) is 0 Å². The minimum Gasteiger partial charge on any atom is -0.497 e. The number of benzene rings is 2. The monoisotopic (exact) mass is 420 g/mol. The lowest BCUT2D eigenvalue weighted by atomic mass is 10.1. The summed E-state index contributed by atoms with van der Waals surface area (Å²) < 4.78 is 36.5. The van der Waals surface area contributed by atoms with E-state index in [9.17, 15) is 13.2 Å². The van der Waals surface area contributed by atoms with Gasteiger partial charge in [-0.3, -0.25) is 9.10 Å². The summed E-state index contributed by atoms with van der Waals surface area (Å²) in [6, 6.07) is 13.7. The van der Waals surface area contributed by atoms with Crippen molar-refractivity contribution in [1.82, 2.24) is 5.32 Å². The summed E-state index contributed by atoms with van der Waals surface area (Å²) in [6.45, 7) is 5.27. The fourth-order valence-corrected chi connectivity index (χ4v) is 3.63. The first-order valence-electron chi connectivity index (χ1n) is 9.28. The lowest BCUT2D eigenvalue weighted by Crippen LogP contribution is -2.41. The van der Waals surface area contributed by atoms with Crippen molar-refractivity contribution in [3.8, 4) is 11.5 Å². The Morgan fingerprint density at radius 2 is 1.72 bits per heavy atom. The Morgan fingerprint density at radius 3 is 2.28 bits per heavy atom. The van der Waals surface area contributed by atoms with E-state index in [1.54, 1.807) is 43.5 Å². The van der Waals surface area contributed by atoms with Gasteiger partial charge in [0.1, 0.15) is 18.0 Å². The molecular weight excluding hydrogens is 392 g/mol. The van der Waals surface area contributed by atoms with Gasteiger partial charge in [0.05, 0.1) is 31.2 Å². The standard InChI is InChI=1S/C21H28N2O5S/c1-15(2)28-20-8-6-7-18(13-20)23(29(5,25)26)14-21(24)22-16(3)17-9-11-19(27-4)12-10-17/h6-13,15-16H,14H2,1-5H3,(H,22,24)/t16-/m0/s1. The number of ether oxygens (including phenoxy) is 2. The molecule has 1 amide bonds. The van der Waals surface area contributed by atoms with Crippen molar-refractivity contribution in [2.75, 3.05) is 24.2 Å². The Hall–Kier alpha value is -2.74. The van der Waals surface area contributed by atoms with Gasteiger partial charge >= 0.3 is 0 Å². The molecule has 29 heavy (non-hydrogen) atoms. The van der Waals surface area contributed by atoms with Crippen LogP contribution in [0.1, 0.15) is 32.4 Å². The average molecular weight is 421 g/mol. The summed E-state index contributed by atoms with van der Waals surface area (Å²) in [5.74, 6) is 0.853. The van der Waals surface area contributed by atoms with E-state index in [1.807, 2.05) is 32.9 Å². The molecular formula is C21H28N2O5S. The molecule has 0 aliphatic rings. The number of methoxy groups -OCH3 is 1. The van der Waals surface area contributed by atoms with Gasteiger partial charge in [0.15, 0.2) is 0 Å². The maximum absolute atomic E-state index is 12.6. The molecule has 0 aromatic heterocycles. The smallest absolute Gasteiger partial charge is 0.241 e. The van der Waals surface area contributed by atoms with E-state index in [1.165, 1.54) is 0 Å². The fourth-order valence-electron chi connectivity index (χ4n) is 2.78. The van der Waals surface area contributed by atoms with Gasteiger partial charge in [0.25, 0.3) is 0 Å². The first kappa shape index (κ1) is 22.5. The van der Waals surface area contributed by atoms with Crippen molar-refractivity contribution in [2.24, 2.45) is 0 Å².